The quantitative estimate of drug-likeness (QED) is 0.618. The van der Waals surface area contributed by atoms with Gasteiger partial charge in [-0.05, 0) is 41.8 Å². The van der Waals surface area contributed by atoms with Crippen molar-refractivity contribution in [2.24, 2.45) is 0 Å². The second-order valence-corrected chi connectivity index (χ2v) is 7.27. The first kappa shape index (κ1) is 18.3. The zero-order valence-corrected chi connectivity index (χ0v) is 15.9. The summed E-state index contributed by atoms with van der Waals surface area (Å²) < 4.78 is 15.9. The fourth-order valence-electron chi connectivity index (χ4n) is 3.16. The average molecular weight is 368 g/mol. The number of methoxy groups -OCH3 is 1. The van der Waals surface area contributed by atoms with Gasteiger partial charge in [0.05, 0.1) is 32.0 Å². The maximum absolute atomic E-state index is 5.39. The highest BCUT2D eigenvalue weighted by Gasteiger charge is 2.25. The van der Waals surface area contributed by atoms with Crippen molar-refractivity contribution in [1.29, 1.82) is 0 Å². The highest BCUT2D eigenvalue weighted by atomic mass is 16.6. The van der Waals surface area contributed by atoms with Crippen molar-refractivity contribution in [2.75, 3.05) is 56.8 Å². The Balaban J connectivity index is 1.33. The van der Waals surface area contributed by atoms with Crippen LogP contribution in [0.2, 0.25) is 0 Å². The molecule has 2 fully saturated rings. The number of nitrogens with zero attached hydrogens (tertiary/aromatic N) is 1. The smallest absolute Gasteiger partial charge is 0.0984 e. The largest absolute Gasteiger partial charge is 0.383 e. The number of rotatable bonds is 11. The van der Waals surface area contributed by atoms with Crippen LogP contribution >= 0.6 is 0 Å². The minimum absolute atomic E-state index is 0.375. The van der Waals surface area contributed by atoms with E-state index in [1.54, 1.807) is 7.11 Å². The second-order valence-electron chi connectivity index (χ2n) is 7.27. The molecular weight excluding hydrogens is 340 g/mol. The van der Waals surface area contributed by atoms with E-state index >= 15 is 0 Å². The zero-order chi connectivity index (χ0) is 18.5. The van der Waals surface area contributed by atoms with Crippen molar-refractivity contribution < 1.29 is 14.2 Å². The lowest BCUT2D eigenvalue weighted by molar-refractivity contribution is 0.204. The summed E-state index contributed by atoms with van der Waals surface area (Å²) in [5, 5.41) is 3.40. The Morgan fingerprint density at radius 1 is 0.963 bits per heavy atom. The molecule has 2 heterocycles. The van der Waals surface area contributed by atoms with Crippen LogP contribution in [0.5, 0.6) is 0 Å². The fourth-order valence-corrected chi connectivity index (χ4v) is 3.16. The topological polar surface area (TPSA) is 49.6 Å². The molecule has 0 aliphatic carbocycles. The van der Waals surface area contributed by atoms with E-state index < -0.39 is 0 Å². The van der Waals surface area contributed by atoms with E-state index in [-0.39, 0.29) is 0 Å². The summed E-state index contributed by atoms with van der Waals surface area (Å²) in [5.74, 6) is 0. The first-order valence-electron chi connectivity index (χ1n) is 9.69. The SMILES string of the molecule is COCCN(CC1CO1)c1ccc(Cc2ccc(NCC3CO3)cc2)cc1. The standard InChI is InChI=1S/C22H28N2O3/c1-25-11-10-24(14-22-16-27-22)20-8-4-18(5-9-20)12-17-2-6-19(7-3-17)23-13-21-15-26-21/h2-9,21-23H,10-16H2,1H3. The summed E-state index contributed by atoms with van der Waals surface area (Å²) >= 11 is 0. The van der Waals surface area contributed by atoms with Crippen LogP contribution in [0.3, 0.4) is 0 Å². The summed E-state index contributed by atoms with van der Waals surface area (Å²) in [6, 6.07) is 17.5. The van der Waals surface area contributed by atoms with Gasteiger partial charge in [0.1, 0.15) is 0 Å². The number of epoxide rings is 2. The molecule has 1 N–H and O–H groups in total. The lowest BCUT2D eigenvalue weighted by Crippen LogP contribution is -2.31. The van der Waals surface area contributed by atoms with Crippen LogP contribution in [0, 0.1) is 0 Å². The van der Waals surface area contributed by atoms with Crippen LogP contribution in [0.15, 0.2) is 48.5 Å². The van der Waals surface area contributed by atoms with Gasteiger partial charge < -0.3 is 24.4 Å². The van der Waals surface area contributed by atoms with Gasteiger partial charge in [-0.1, -0.05) is 24.3 Å². The van der Waals surface area contributed by atoms with E-state index in [1.807, 2.05) is 0 Å². The Morgan fingerprint density at radius 2 is 1.59 bits per heavy atom. The van der Waals surface area contributed by atoms with Crippen molar-refractivity contribution in [1.82, 2.24) is 0 Å². The molecule has 5 heteroatoms. The average Bonchev–Trinajstić information content (AvgIpc) is 3.61. The molecular formula is C22H28N2O3. The van der Waals surface area contributed by atoms with Gasteiger partial charge in [-0.15, -0.1) is 0 Å². The maximum atomic E-state index is 5.39. The molecule has 4 rings (SSSR count). The van der Waals surface area contributed by atoms with Gasteiger partial charge in [0.25, 0.3) is 0 Å². The van der Waals surface area contributed by atoms with Crippen LogP contribution in [0.25, 0.3) is 0 Å². The summed E-state index contributed by atoms with van der Waals surface area (Å²) in [4.78, 5) is 2.34. The van der Waals surface area contributed by atoms with Crippen molar-refractivity contribution >= 4 is 11.4 Å². The number of hydrogen-bond acceptors (Lipinski definition) is 5. The molecule has 2 saturated heterocycles. The molecule has 2 aromatic rings. The third-order valence-corrected chi connectivity index (χ3v) is 4.99. The monoisotopic (exact) mass is 368 g/mol. The van der Waals surface area contributed by atoms with Crippen LogP contribution in [0.4, 0.5) is 11.4 Å². The third kappa shape index (κ3) is 5.70. The van der Waals surface area contributed by atoms with E-state index in [2.05, 4.69) is 58.7 Å². The van der Waals surface area contributed by atoms with Gasteiger partial charge in [0.2, 0.25) is 0 Å². The molecule has 0 spiro atoms. The van der Waals surface area contributed by atoms with Crippen LogP contribution < -0.4 is 10.2 Å². The Hall–Kier alpha value is -2.08. The minimum atomic E-state index is 0.375. The normalized spacial score (nSPS) is 20.3. The molecule has 27 heavy (non-hydrogen) atoms. The number of benzene rings is 2. The number of nitrogens with one attached hydrogen (secondary N) is 1. The van der Waals surface area contributed by atoms with Gasteiger partial charge in [-0.25, -0.2) is 0 Å². The van der Waals surface area contributed by atoms with Gasteiger partial charge in [-0.2, -0.15) is 0 Å². The summed E-state index contributed by atoms with van der Waals surface area (Å²) in [7, 11) is 1.75. The summed E-state index contributed by atoms with van der Waals surface area (Å²) in [5.41, 5.74) is 5.02. The lowest BCUT2D eigenvalue weighted by atomic mass is 10.0. The van der Waals surface area contributed by atoms with Crippen LogP contribution in [-0.2, 0) is 20.6 Å². The van der Waals surface area contributed by atoms with E-state index in [0.717, 1.165) is 51.6 Å². The Labute approximate surface area is 161 Å². The highest BCUT2D eigenvalue weighted by Crippen LogP contribution is 2.21. The minimum Gasteiger partial charge on any atom is -0.383 e. The molecule has 2 aromatic carbocycles. The lowest BCUT2D eigenvalue weighted by Gasteiger charge is -2.24. The highest BCUT2D eigenvalue weighted by molar-refractivity contribution is 5.49. The zero-order valence-electron chi connectivity index (χ0n) is 15.9. The Kier molecular flexibility index (Phi) is 5.92. The van der Waals surface area contributed by atoms with Gasteiger partial charge in [-0.3, -0.25) is 0 Å². The van der Waals surface area contributed by atoms with Crippen LogP contribution in [0.1, 0.15) is 11.1 Å². The predicted molar refractivity (Wildman–Crippen MR) is 108 cm³/mol. The molecule has 0 radical (unpaired) electrons. The van der Waals surface area contributed by atoms with Crippen LogP contribution in [-0.4, -0.2) is 58.8 Å². The van der Waals surface area contributed by atoms with E-state index in [9.17, 15) is 0 Å². The van der Waals surface area contributed by atoms with E-state index in [4.69, 9.17) is 14.2 Å². The molecule has 2 atom stereocenters. The van der Waals surface area contributed by atoms with Gasteiger partial charge >= 0.3 is 0 Å². The molecule has 2 aliphatic heterocycles. The third-order valence-electron chi connectivity index (χ3n) is 4.99. The Morgan fingerprint density at radius 3 is 2.19 bits per heavy atom. The number of hydrogen-bond donors (Lipinski definition) is 1. The number of ether oxygens (including phenoxy) is 3. The Bertz CT molecular complexity index is 709. The molecule has 5 nitrogen and oxygen atoms in total. The van der Waals surface area contributed by atoms with Gasteiger partial charge in [0.15, 0.2) is 0 Å². The van der Waals surface area contributed by atoms with Gasteiger partial charge in [0, 0.05) is 38.1 Å². The first-order valence-corrected chi connectivity index (χ1v) is 9.69. The van der Waals surface area contributed by atoms with E-state index in [0.29, 0.717) is 12.2 Å². The summed E-state index contributed by atoms with van der Waals surface area (Å²) in [6.45, 7) is 5.20. The molecule has 2 aliphatic rings. The van der Waals surface area contributed by atoms with Crippen molar-refractivity contribution in [2.45, 2.75) is 18.6 Å². The second kappa shape index (κ2) is 8.74. The molecule has 2 unspecified atom stereocenters. The van der Waals surface area contributed by atoms with E-state index in [1.165, 1.54) is 16.8 Å². The molecule has 0 aromatic heterocycles. The first-order chi connectivity index (χ1) is 13.3. The predicted octanol–water partition coefficient (Wildman–Crippen LogP) is 2.94. The van der Waals surface area contributed by atoms with Crippen molar-refractivity contribution in [3.63, 3.8) is 0 Å². The fraction of sp³-hybridized carbons (Fsp3) is 0.455. The molecule has 144 valence electrons. The van der Waals surface area contributed by atoms with Crippen molar-refractivity contribution in [3.05, 3.63) is 59.7 Å². The molecule has 0 bridgehead atoms. The number of anilines is 2. The molecule has 0 saturated carbocycles. The summed E-state index contributed by atoms with van der Waals surface area (Å²) in [6.07, 6.45) is 1.72. The van der Waals surface area contributed by atoms with Crippen molar-refractivity contribution in [3.8, 4) is 0 Å². The maximum Gasteiger partial charge on any atom is 0.0984 e. The molecule has 0 amide bonds.